The molecule has 0 aromatic heterocycles. The molecule has 0 aliphatic heterocycles. The monoisotopic (exact) mass is 478 g/mol. The van der Waals surface area contributed by atoms with Gasteiger partial charge in [-0.05, 0) is 81.6 Å². The van der Waals surface area contributed by atoms with E-state index in [4.69, 9.17) is 13.1 Å². The highest BCUT2D eigenvalue weighted by atomic mass is 19.4. The number of hydrogen-bond donors (Lipinski definition) is 0. The molecule has 3 aromatic rings. The van der Waals surface area contributed by atoms with E-state index in [9.17, 15) is 23.7 Å². The lowest BCUT2D eigenvalue weighted by Gasteiger charge is -2.13. The van der Waals surface area contributed by atoms with Crippen LogP contribution in [0.4, 0.5) is 13.2 Å². The number of ether oxygens (including phenoxy) is 1. The Hall–Kier alpha value is -5.05. The van der Waals surface area contributed by atoms with Crippen molar-refractivity contribution < 1.29 is 17.9 Å². The molecular formula is C28H13F3N4O. The molecule has 5 nitrogen and oxygen atoms in total. The molecule has 0 saturated carbocycles. The van der Waals surface area contributed by atoms with Crippen LogP contribution in [0, 0.1) is 42.7 Å². The zero-order chi connectivity index (χ0) is 25.8. The molecule has 0 unspecified atom stereocenters. The fraction of sp³-hybridized carbons (Fsp3) is 0.143. The number of fused-ring (bicyclic) bond motifs is 6. The summed E-state index contributed by atoms with van der Waals surface area (Å²) in [5.74, 6) is -0.394. The van der Waals surface area contributed by atoms with Crippen LogP contribution in [0.15, 0.2) is 36.4 Å². The lowest BCUT2D eigenvalue weighted by atomic mass is 9.90. The van der Waals surface area contributed by atoms with Crippen LogP contribution in [0.5, 0.6) is 5.75 Å². The fourth-order valence-corrected chi connectivity index (χ4v) is 5.25. The molecule has 2 aliphatic carbocycles. The molecule has 0 spiro atoms. The van der Waals surface area contributed by atoms with Gasteiger partial charge in [0.05, 0.1) is 25.3 Å². The van der Waals surface area contributed by atoms with Crippen molar-refractivity contribution in [3.05, 3.63) is 97.5 Å². The SMILES string of the molecule is [C-]#[N+]/C(C#N)=c1\c2c(/c(=C(/C#N)[N+]#[C-])c3c1Cc1cc(OC(F)(F)F)ccc1-3)-c1ccc(C)cc1C2. The zero-order valence-corrected chi connectivity index (χ0v) is 18.7. The van der Waals surface area contributed by atoms with E-state index in [2.05, 4.69) is 14.4 Å². The van der Waals surface area contributed by atoms with Crippen molar-refractivity contribution in [2.45, 2.75) is 26.1 Å². The minimum absolute atomic E-state index is 0.127. The topological polar surface area (TPSA) is 65.5 Å². The summed E-state index contributed by atoms with van der Waals surface area (Å²) in [4.78, 5) is 6.93. The molecule has 8 heteroatoms. The Morgan fingerprint density at radius 3 is 1.92 bits per heavy atom. The summed E-state index contributed by atoms with van der Waals surface area (Å²) in [5.41, 5.74) is 5.85. The second-order valence-electron chi connectivity index (χ2n) is 8.48. The van der Waals surface area contributed by atoms with Crippen molar-refractivity contribution in [1.29, 1.82) is 10.5 Å². The van der Waals surface area contributed by atoms with E-state index in [1.807, 2.05) is 37.3 Å². The fourth-order valence-electron chi connectivity index (χ4n) is 5.25. The van der Waals surface area contributed by atoms with Gasteiger partial charge in [0.15, 0.2) is 0 Å². The van der Waals surface area contributed by atoms with Gasteiger partial charge in [-0.2, -0.15) is 0 Å². The summed E-state index contributed by atoms with van der Waals surface area (Å²) in [6, 6.07) is 13.7. The van der Waals surface area contributed by atoms with Crippen LogP contribution >= 0.6 is 0 Å². The molecule has 0 bridgehead atoms. The van der Waals surface area contributed by atoms with Gasteiger partial charge in [0.2, 0.25) is 0 Å². The highest BCUT2D eigenvalue weighted by Gasteiger charge is 2.34. The Bertz CT molecular complexity index is 1770. The first-order valence-corrected chi connectivity index (χ1v) is 10.7. The van der Waals surface area contributed by atoms with Gasteiger partial charge in [0, 0.05) is 5.22 Å². The highest BCUT2D eigenvalue weighted by Crippen LogP contribution is 2.42. The van der Waals surface area contributed by atoms with Crippen molar-refractivity contribution in [3.8, 4) is 40.1 Å². The first-order chi connectivity index (χ1) is 17.2. The molecule has 0 atom stereocenters. The quantitative estimate of drug-likeness (QED) is 0.314. The normalized spacial score (nSPS) is 14.1. The second-order valence-corrected chi connectivity index (χ2v) is 8.48. The van der Waals surface area contributed by atoms with Gasteiger partial charge in [0.1, 0.15) is 5.75 Å². The van der Waals surface area contributed by atoms with Crippen molar-refractivity contribution in [2.75, 3.05) is 0 Å². The van der Waals surface area contributed by atoms with Crippen LogP contribution in [-0.2, 0) is 12.8 Å². The number of halogens is 3. The van der Waals surface area contributed by atoms with Crippen molar-refractivity contribution >= 4 is 11.4 Å². The Morgan fingerprint density at radius 2 is 1.39 bits per heavy atom. The number of alkyl halides is 3. The van der Waals surface area contributed by atoms with E-state index in [1.54, 1.807) is 0 Å². The van der Waals surface area contributed by atoms with E-state index in [0.717, 1.165) is 16.7 Å². The Kier molecular flexibility index (Phi) is 5.06. The molecule has 2 aliphatic rings. The molecule has 3 aromatic carbocycles. The molecule has 0 heterocycles. The van der Waals surface area contributed by atoms with Crippen molar-refractivity contribution in [3.63, 3.8) is 0 Å². The van der Waals surface area contributed by atoms with Crippen molar-refractivity contribution in [2.24, 2.45) is 0 Å². The Labute approximate surface area is 203 Å². The summed E-state index contributed by atoms with van der Waals surface area (Å²) >= 11 is 0. The standard InChI is InChI=1S/C28H13F3N4O/c1-14-4-6-18-15(8-14)10-20-24(22(12-32)34-2)21-11-16-9-17(36-28(29,30)31)5-7-19(16)26(21)27(25(18)20)23(13-33)35-3/h4-9H,10-11H2,1H3/b24-22+,27-23+. The molecule has 5 rings (SSSR count). The van der Waals surface area contributed by atoms with Gasteiger partial charge in [-0.3, -0.25) is 0 Å². The average molecular weight is 478 g/mol. The van der Waals surface area contributed by atoms with E-state index >= 15 is 0 Å². The first kappa shape index (κ1) is 22.7. The molecule has 0 saturated heterocycles. The summed E-state index contributed by atoms with van der Waals surface area (Å²) in [5, 5.41) is 20.5. The number of benzene rings is 3. The van der Waals surface area contributed by atoms with E-state index in [1.165, 1.54) is 18.2 Å². The summed E-state index contributed by atoms with van der Waals surface area (Å²) < 4.78 is 42.6. The third kappa shape index (κ3) is 3.37. The van der Waals surface area contributed by atoms with Crippen LogP contribution in [0.25, 0.3) is 43.3 Å². The number of aryl methyl sites for hydroxylation is 1. The van der Waals surface area contributed by atoms with E-state index in [0.29, 0.717) is 50.2 Å². The third-order valence-corrected chi connectivity index (χ3v) is 6.46. The summed E-state index contributed by atoms with van der Waals surface area (Å²) in [6.45, 7) is 17.3. The number of rotatable bonds is 1. The second kappa shape index (κ2) is 8.02. The highest BCUT2D eigenvalue weighted by molar-refractivity contribution is 5.93. The molecule has 0 fully saturated rings. The average Bonchev–Trinajstić information content (AvgIpc) is 3.38. The number of hydrogen-bond acceptors (Lipinski definition) is 3. The Morgan fingerprint density at radius 1 is 0.861 bits per heavy atom. The molecule has 172 valence electrons. The van der Waals surface area contributed by atoms with E-state index < -0.39 is 12.1 Å². The summed E-state index contributed by atoms with van der Waals surface area (Å²) in [7, 11) is 0. The minimum atomic E-state index is -4.86. The number of nitriles is 2. The maximum atomic E-state index is 12.8. The summed E-state index contributed by atoms with van der Waals surface area (Å²) in [6.07, 6.45) is -4.34. The van der Waals surface area contributed by atoms with Crippen LogP contribution in [-0.4, -0.2) is 6.36 Å². The maximum Gasteiger partial charge on any atom is 0.573 e. The van der Waals surface area contributed by atoms with Gasteiger partial charge in [0.25, 0.3) is 11.4 Å². The molecular weight excluding hydrogens is 465 g/mol. The predicted octanol–water partition coefficient (Wildman–Crippen LogP) is 5.14. The lowest BCUT2D eigenvalue weighted by Crippen LogP contribution is -2.25. The van der Waals surface area contributed by atoms with Crippen LogP contribution in [0.2, 0.25) is 0 Å². The smallest absolute Gasteiger partial charge is 0.406 e. The van der Waals surface area contributed by atoms with Gasteiger partial charge >= 0.3 is 6.36 Å². The molecule has 0 amide bonds. The molecule has 0 N–H and O–H groups in total. The maximum absolute atomic E-state index is 12.8. The first-order valence-electron chi connectivity index (χ1n) is 10.7. The zero-order valence-electron chi connectivity index (χ0n) is 18.7. The molecule has 0 radical (unpaired) electrons. The van der Waals surface area contributed by atoms with Gasteiger partial charge in [-0.1, -0.05) is 29.8 Å². The van der Waals surface area contributed by atoms with Gasteiger partial charge < -0.3 is 4.74 Å². The van der Waals surface area contributed by atoms with Crippen molar-refractivity contribution in [1.82, 2.24) is 0 Å². The van der Waals surface area contributed by atoms with Crippen LogP contribution in [0.3, 0.4) is 0 Å². The largest absolute Gasteiger partial charge is 0.573 e. The van der Waals surface area contributed by atoms with Gasteiger partial charge in [-0.15, -0.1) is 13.2 Å². The molecule has 36 heavy (non-hydrogen) atoms. The van der Waals surface area contributed by atoms with Crippen LogP contribution < -0.4 is 15.2 Å². The van der Waals surface area contributed by atoms with Gasteiger partial charge in [-0.25, -0.2) is 20.2 Å². The number of nitrogens with zero attached hydrogens (tertiary/aromatic N) is 4. The third-order valence-electron chi connectivity index (χ3n) is 6.46. The van der Waals surface area contributed by atoms with E-state index in [-0.39, 0.29) is 17.8 Å². The lowest BCUT2D eigenvalue weighted by molar-refractivity contribution is -0.274. The predicted molar refractivity (Wildman–Crippen MR) is 125 cm³/mol. The Balaban J connectivity index is 1.99. The van der Waals surface area contributed by atoms with Crippen LogP contribution in [0.1, 0.15) is 27.8 Å². The minimum Gasteiger partial charge on any atom is -0.406 e.